The molecule has 0 aromatic heterocycles. The zero-order chi connectivity index (χ0) is 17.9. The number of hydrogen-bond acceptors (Lipinski definition) is 3. The van der Waals surface area contributed by atoms with E-state index in [1.807, 2.05) is 0 Å². The SMILES string of the molecule is O=C(O)CC[C@H]1CCCN(C(=O)[C@H]2CC(=O)N(CC(F)(F)F)C2)C1. The Kier molecular flexibility index (Phi) is 5.71. The van der Waals surface area contributed by atoms with E-state index in [2.05, 4.69) is 0 Å². The first-order valence-electron chi connectivity index (χ1n) is 8.01. The highest BCUT2D eigenvalue weighted by Gasteiger charge is 2.42. The van der Waals surface area contributed by atoms with Gasteiger partial charge in [0.05, 0.1) is 5.92 Å². The quantitative estimate of drug-likeness (QED) is 0.815. The molecule has 0 aliphatic carbocycles. The third kappa shape index (κ3) is 5.10. The van der Waals surface area contributed by atoms with E-state index in [4.69, 9.17) is 5.11 Å². The number of carbonyl (C=O) groups excluding carboxylic acids is 2. The summed E-state index contributed by atoms with van der Waals surface area (Å²) < 4.78 is 37.3. The minimum absolute atomic E-state index is 0.0357. The maximum Gasteiger partial charge on any atom is 0.406 e. The van der Waals surface area contributed by atoms with Crippen LogP contribution < -0.4 is 0 Å². The third-order valence-electron chi connectivity index (χ3n) is 4.53. The topological polar surface area (TPSA) is 77.9 Å². The number of aliphatic carboxylic acids is 1. The molecule has 0 aromatic rings. The van der Waals surface area contributed by atoms with E-state index in [-0.39, 0.29) is 31.2 Å². The van der Waals surface area contributed by atoms with Crippen molar-refractivity contribution in [3.63, 3.8) is 0 Å². The lowest BCUT2D eigenvalue weighted by Crippen LogP contribution is -2.44. The van der Waals surface area contributed by atoms with Crippen LogP contribution in [-0.2, 0) is 14.4 Å². The lowest BCUT2D eigenvalue weighted by Gasteiger charge is -2.34. The number of piperidine rings is 1. The van der Waals surface area contributed by atoms with Crippen molar-refractivity contribution in [2.45, 2.75) is 38.3 Å². The Labute approximate surface area is 137 Å². The number of nitrogens with zero attached hydrogens (tertiary/aromatic N) is 2. The fraction of sp³-hybridized carbons (Fsp3) is 0.800. The molecule has 136 valence electrons. The van der Waals surface area contributed by atoms with E-state index in [0.29, 0.717) is 24.4 Å². The van der Waals surface area contributed by atoms with Crippen LogP contribution in [0.5, 0.6) is 0 Å². The summed E-state index contributed by atoms with van der Waals surface area (Å²) in [5, 5.41) is 8.73. The van der Waals surface area contributed by atoms with Crippen LogP contribution in [0.1, 0.15) is 32.1 Å². The molecule has 2 saturated heterocycles. The number of halogens is 3. The molecule has 2 fully saturated rings. The van der Waals surface area contributed by atoms with Crippen molar-refractivity contribution in [2.75, 3.05) is 26.2 Å². The molecule has 0 aromatic carbocycles. The van der Waals surface area contributed by atoms with Crippen molar-refractivity contribution in [3.05, 3.63) is 0 Å². The van der Waals surface area contributed by atoms with Crippen LogP contribution in [0.25, 0.3) is 0 Å². The molecule has 24 heavy (non-hydrogen) atoms. The number of carboxylic acid groups (broad SMARTS) is 1. The van der Waals surface area contributed by atoms with Crippen LogP contribution in [0.3, 0.4) is 0 Å². The first-order chi connectivity index (χ1) is 11.2. The smallest absolute Gasteiger partial charge is 0.406 e. The summed E-state index contributed by atoms with van der Waals surface area (Å²) in [5.74, 6) is -2.49. The highest BCUT2D eigenvalue weighted by molar-refractivity contribution is 5.89. The van der Waals surface area contributed by atoms with E-state index in [0.717, 1.165) is 12.8 Å². The second-order valence-corrected chi connectivity index (χ2v) is 6.52. The molecule has 2 amide bonds. The highest BCUT2D eigenvalue weighted by Crippen LogP contribution is 2.27. The molecule has 9 heteroatoms. The van der Waals surface area contributed by atoms with Gasteiger partial charge >= 0.3 is 12.1 Å². The minimum atomic E-state index is -4.47. The van der Waals surface area contributed by atoms with Gasteiger partial charge in [-0.05, 0) is 25.2 Å². The summed E-state index contributed by atoms with van der Waals surface area (Å²) in [6.07, 6.45) is -2.58. The van der Waals surface area contributed by atoms with Crippen molar-refractivity contribution in [3.8, 4) is 0 Å². The largest absolute Gasteiger partial charge is 0.481 e. The van der Waals surface area contributed by atoms with Gasteiger partial charge in [0.1, 0.15) is 6.54 Å². The van der Waals surface area contributed by atoms with Gasteiger partial charge < -0.3 is 14.9 Å². The number of rotatable bonds is 5. The molecular weight excluding hydrogens is 329 g/mol. The van der Waals surface area contributed by atoms with Gasteiger partial charge in [-0.25, -0.2) is 0 Å². The van der Waals surface area contributed by atoms with Gasteiger partial charge in [0.25, 0.3) is 0 Å². The minimum Gasteiger partial charge on any atom is -0.481 e. The molecule has 2 aliphatic rings. The predicted molar refractivity (Wildman–Crippen MR) is 76.9 cm³/mol. The number of likely N-dealkylation sites (tertiary alicyclic amines) is 2. The Hall–Kier alpha value is -1.80. The van der Waals surface area contributed by atoms with Crippen LogP contribution in [0.2, 0.25) is 0 Å². The molecule has 0 bridgehead atoms. The molecule has 2 aliphatic heterocycles. The Morgan fingerprint density at radius 3 is 2.58 bits per heavy atom. The molecule has 6 nitrogen and oxygen atoms in total. The summed E-state index contributed by atoms with van der Waals surface area (Å²) >= 11 is 0. The summed E-state index contributed by atoms with van der Waals surface area (Å²) in [7, 11) is 0. The normalized spacial score (nSPS) is 25.2. The van der Waals surface area contributed by atoms with E-state index in [1.165, 1.54) is 0 Å². The van der Waals surface area contributed by atoms with Gasteiger partial charge in [-0.15, -0.1) is 0 Å². The van der Waals surface area contributed by atoms with Gasteiger partial charge in [0.15, 0.2) is 0 Å². The van der Waals surface area contributed by atoms with Gasteiger partial charge in [-0.2, -0.15) is 13.2 Å². The average Bonchev–Trinajstić information content (AvgIpc) is 2.84. The van der Waals surface area contributed by atoms with E-state index in [9.17, 15) is 27.6 Å². The maximum atomic E-state index is 12.5. The lowest BCUT2D eigenvalue weighted by molar-refractivity contribution is -0.157. The molecule has 0 saturated carbocycles. The van der Waals surface area contributed by atoms with Crippen molar-refractivity contribution < 1.29 is 32.7 Å². The van der Waals surface area contributed by atoms with Crippen molar-refractivity contribution in [1.82, 2.24) is 9.80 Å². The lowest BCUT2D eigenvalue weighted by atomic mass is 9.92. The van der Waals surface area contributed by atoms with Crippen molar-refractivity contribution >= 4 is 17.8 Å². The molecule has 0 radical (unpaired) electrons. The zero-order valence-electron chi connectivity index (χ0n) is 13.2. The van der Waals surface area contributed by atoms with E-state index in [1.54, 1.807) is 4.90 Å². The maximum absolute atomic E-state index is 12.5. The Balaban J connectivity index is 1.89. The molecular formula is C15H21F3N2O4. The standard InChI is InChI=1S/C15H21F3N2O4/c16-15(17,18)9-20-8-11(6-12(20)21)14(24)19-5-1-2-10(7-19)3-4-13(22)23/h10-11H,1-9H2,(H,22,23)/t10-,11+/m1/s1. The Morgan fingerprint density at radius 2 is 1.96 bits per heavy atom. The number of carbonyl (C=O) groups is 3. The van der Waals surface area contributed by atoms with Crippen LogP contribution in [0.15, 0.2) is 0 Å². The number of alkyl halides is 3. The number of amides is 2. The Morgan fingerprint density at radius 1 is 1.25 bits per heavy atom. The van der Waals surface area contributed by atoms with Crippen LogP contribution in [-0.4, -0.2) is 65.0 Å². The van der Waals surface area contributed by atoms with Crippen LogP contribution in [0, 0.1) is 11.8 Å². The van der Waals surface area contributed by atoms with Gasteiger partial charge in [0.2, 0.25) is 11.8 Å². The molecule has 2 atom stereocenters. The molecule has 1 N–H and O–H groups in total. The van der Waals surface area contributed by atoms with Crippen LogP contribution >= 0.6 is 0 Å². The fourth-order valence-electron chi connectivity index (χ4n) is 3.39. The Bertz CT molecular complexity index is 509. The third-order valence-corrected chi connectivity index (χ3v) is 4.53. The second-order valence-electron chi connectivity index (χ2n) is 6.52. The monoisotopic (exact) mass is 350 g/mol. The molecule has 0 unspecified atom stereocenters. The van der Waals surface area contributed by atoms with E-state index < -0.39 is 30.5 Å². The van der Waals surface area contributed by atoms with Gasteiger partial charge in [-0.3, -0.25) is 14.4 Å². The summed E-state index contributed by atoms with van der Waals surface area (Å²) in [6, 6.07) is 0. The van der Waals surface area contributed by atoms with Gasteiger partial charge in [-0.1, -0.05) is 0 Å². The fourth-order valence-corrected chi connectivity index (χ4v) is 3.39. The second kappa shape index (κ2) is 7.40. The molecule has 2 heterocycles. The highest BCUT2D eigenvalue weighted by atomic mass is 19.4. The first-order valence-corrected chi connectivity index (χ1v) is 8.01. The summed E-state index contributed by atoms with van der Waals surface area (Å²) in [5.41, 5.74) is 0. The first kappa shape index (κ1) is 18.5. The molecule has 0 spiro atoms. The van der Waals surface area contributed by atoms with E-state index >= 15 is 0 Å². The predicted octanol–water partition coefficient (Wildman–Crippen LogP) is 1.50. The number of hydrogen-bond donors (Lipinski definition) is 1. The van der Waals surface area contributed by atoms with Crippen molar-refractivity contribution in [2.24, 2.45) is 11.8 Å². The summed E-state index contributed by atoms with van der Waals surface area (Å²) in [4.78, 5) is 37.1. The zero-order valence-corrected chi connectivity index (χ0v) is 13.2. The van der Waals surface area contributed by atoms with Crippen LogP contribution in [0.4, 0.5) is 13.2 Å². The average molecular weight is 350 g/mol. The number of carboxylic acids is 1. The molecule has 2 rings (SSSR count). The summed E-state index contributed by atoms with van der Waals surface area (Å²) in [6.45, 7) is -0.604. The van der Waals surface area contributed by atoms with Crippen molar-refractivity contribution in [1.29, 1.82) is 0 Å². The van der Waals surface area contributed by atoms with Gasteiger partial charge in [0, 0.05) is 32.5 Å².